The zero-order valence-corrected chi connectivity index (χ0v) is 27.4. The van der Waals surface area contributed by atoms with Gasteiger partial charge in [-0.25, -0.2) is 9.59 Å². The van der Waals surface area contributed by atoms with Gasteiger partial charge in [0.1, 0.15) is 6.10 Å². The number of thioether (sulfide) groups is 1. The van der Waals surface area contributed by atoms with Crippen LogP contribution in [-0.4, -0.2) is 126 Å². The summed E-state index contributed by atoms with van der Waals surface area (Å²) in [5.41, 5.74) is 0. The van der Waals surface area contributed by atoms with Crippen molar-refractivity contribution in [1.29, 1.82) is 0 Å². The van der Waals surface area contributed by atoms with Gasteiger partial charge in [-0.3, -0.25) is 4.79 Å². The van der Waals surface area contributed by atoms with Crippen LogP contribution in [0.3, 0.4) is 0 Å². The number of urea groups is 1. The molecule has 1 unspecified atom stereocenters. The van der Waals surface area contributed by atoms with Crippen molar-refractivity contribution in [2.75, 3.05) is 84.9 Å². The fraction of sp³-hybridized carbons (Fsp3) is 0.839. The van der Waals surface area contributed by atoms with E-state index >= 15 is 0 Å². The highest BCUT2D eigenvalue weighted by Gasteiger charge is 2.42. The van der Waals surface area contributed by atoms with E-state index < -0.39 is 0 Å². The number of carbonyl (C=O) groups is 3. The molecule has 2 aliphatic heterocycles. The second kappa shape index (κ2) is 24.1. The topological polar surface area (TPSA) is 155 Å². The minimum Gasteiger partial charge on any atom is -0.446 e. The molecule has 0 bridgehead atoms. The fourth-order valence-corrected chi connectivity index (χ4v) is 6.81. The molecule has 13 nitrogen and oxygen atoms in total. The molecule has 0 aromatic heterocycles. The molecule has 3 rings (SSSR count). The minimum atomic E-state index is -0.380. The maximum atomic E-state index is 12.0. The van der Waals surface area contributed by atoms with Gasteiger partial charge in [0, 0.05) is 30.5 Å². The molecular formula is C31H54N4O9S. The number of fused-ring (bicyclic) bond motifs is 1. The van der Waals surface area contributed by atoms with Crippen molar-refractivity contribution in [2.24, 2.45) is 0 Å². The molecule has 3 aliphatic rings. The first-order chi connectivity index (χ1) is 22.1. The third kappa shape index (κ3) is 17.4. The van der Waals surface area contributed by atoms with E-state index in [0.717, 1.165) is 57.1 Å². The number of hydrogen-bond donors (Lipinski definition) is 4. The zero-order valence-electron chi connectivity index (χ0n) is 26.6. The molecule has 0 aromatic carbocycles. The number of unbranched alkanes of at least 4 members (excludes halogenated alkanes) is 1. The number of carbonyl (C=O) groups excluding carboxylic acids is 3. The third-order valence-electron chi connectivity index (χ3n) is 7.65. The summed E-state index contributed by atoms with van der Waals surface area (Å²) in [6.45, 7) is 5.45. The summed E-state index contributed by atoms with van der Waals surface area (Å²) < 4.78 is 32.9. The molecule has 4 atom stereocenters. The Hall–Kier alpha value is -2.10. The van der Waals surface area contributed by atoms with Gasteiger partial charge in [-0.15, -0.1) is 0 Å². The molecule has 0 radical (unpaired) electrons. The monoisotopic (exact) mass is 658 g/mol. The Morgan fingerprint density at radius 3 is 2.09 bits per heavy atom. The van der Waals surface area contributed by atoms with E-state index in [1.54, 1.807) is 0 Å². The lowest BCUT2D eigenvalue weighted by atomic mass is 10.0. The van der Waals surface area contributed by atoms with Gasteiger partial charge in [0.2, 0.25) is 5.91 Å². The number of allylic oxidation sites excluding steroid dienone is 2. The highest BCUT2D eigenvalue weighted by Crippen LogP contribution is 2.33. The van der Waals surface area contributed by atoms with E-state index in [-0.39, 0.29) is 36.2 Å². The third-order valence-corrected chi connectivity index (χ3v) is 9.15. The normalized spacial score (nSPS) is 23.3. The first-order valence-corrected chi connectivity index (χ1v) is 17.6. The quantitative estimate of drug-likeness (QED) is 0.0691. The first kappa shape index (κ1) is 37.4. The SMILES string of the molecule is O=C(CCCC[C@H]1SC[C@H]2NC(=O)N[C@H]21)NCCOCCOCCOCCOCCOCCNC(=O)OC1CC/C=C\CCC1. The molecule has 14 heteroatoms. The van der Waals surface area contributed by atoms with Crippen LogP contribution in [-0.2, 0) is 33.2 Å². The van der Waals surface area contributed by atoms with Crippen LogP contribution in [0.15, 0.2) is 12.2 Å². The molecule has 0 spiro atoms. The van der Waals surface area contributed by atoms with Gasteiger partial charge in [0.25, 0.3) is 0 Å². The van der Waals surface area contributed by atoms with E-state index in [2.05, 4.69) is 33.4 Å². The van der Waals surface area contributed by atoms with Gasteiger partial charge >= 0.3 is 12.1 Å². The molecule has 2 saturated heterocycles. The first-order valence-electron chi connectivity index (χ1n) is 16.6. The van der Waals surface area contributed by atoms with Gasteiger partial charge in [-0.05, 0) is 44.9 Å². The van der Waals surface area contributed by atoms with Crippen LogP contribution in [0.5, 0.6) is 0 Å². The summed E-state index contributed by atoms with van der Waals surface area (Å²) in [6, 6.07) is 0.410. The van der Waals surface area contributed by atoms with Gasteiger partial charge in [-0.2, -0.15) is 11.8 Å². The molecule has 4 N–H and O–H groups in total. The largest absolute Gasteiger partial charge is 0.446 e. The summed E-state index contributed by atoms with van der Waals surface area (Å²) in [7, 11) is 0. The standard InChI is InChI=1S/C31H54N4O9S/c36-28(11-7-6-10-27-29-26(24-45-27)34-30(37)35-29)32-12-14-39-16-18-41-20-22-43-23-21-42-19-17-40-15-13-33-31(38)44-25-8-4-2-1-3-5-9-25/h1-2,25-27,29H,3-24H2,(H,32,36)(H,33,38)(H2,34,35,37)/b2-1-/t25?,26-,27-,29-/m1/s1. The van der Waals surface area contributed by atoms with Crippen LogP contribution in [0.2, 0.25) is 0 Å². The lowest BCUT2D eigenvalue weighted by molar-refractivity contribution is -0.121. The van der Waals surface area contributed by atoms with Crippen LogP contribution in [0.25, 0.3) is 0 Å². The predicted octanol–water partition coefficient (Wildman–Crippen LogP) is 2.53. The van der Waals surface area contributed by atoms with Gasteiger partial charge < -0.3 is 49.7 Å². The number of rotatable bonds is 24. The van der Waals surface area contributed by atoms with Crippen molar-refractivity contribution >= 4 is 29.8 Å². The molecule has 0 saturated carbocycles. The Morgan fingerprint density at radius 2 is 1.40 bits per heavy atom. The summed E-state index contributed by atoms with van der Waals surface area (Å²) in [5, 5.41) is 12.0. The van der Waals surface area contributed by atoms with Gasteiger partial charge in [0.05, 0.1) is 78.2 Å². The van der Waals surface area contributed by atoms with Crippen molar-refractivity contribution in [3.05, 3.63) is 12.2 Å². The molecule has 1 aliphatic carbocycles. The van der Waals surface area contributed by atoms with Crippen molar-refractivity contribution in [3.63, 3.8) is 0 Å². The van der Waals surface area contributed by atoms with Crippen LogP contribution >= 0.6 is 11.8 Å². The number of ether oxygens (including phenoxy) is 6. The van der Waals surface area contributed by atoms with E-state index in [4.69, 9.17) is 28.4 Å². The summed E-state index contributed by atoms with van der Waals surface area (Å²) in [4.78, 5) is 35.4. The number of amides is 4. The fourth-order valence-electron chi connectivity index (χ4n) is 5.27. The summed E-state index contributed by atoms with van der Waals surface area (Å²) in [5.74, 6) is 1.00. The van der Waals surface area contributed by atoms with Crippen LogP contribution < -0.4 is 21.3 Å². The summed E-state index contributed by atoms with van der Waals surface area (Å²) in [6.07, 6.45) is 12.1. The maximum absolute atomic E-state index is 12.0. The van der Waals surface area contributed by atoms with Crippen molar-refractivity contribution < 1.29 is 42.8 Å². The van der Waals surface area contributed by atoms with E-state index in [9.17, 15) is 14.4 Å². The molecule has 0 aromatic rings. The minimum absolute atomic E-state index is 0.00979. The molecule has 258 valence electrons. The molecule has 2 fully saturated rings. The second-order valence-corrected chi connectivity index (χ2v) is 12.5. The van der Waals surface area contributed by atoms with Crippen LogP contribution in [0.4, 0.5) is 9.59 Å². The molecule has 4 amide bonds. The van der Waals surface area contributed by atoms with Crippen LogP contribution in [0, 0.1) is 0 Å². The average molecular weight is 659 g/mol. The van der Waals surface area contributed by atoms with E-state index in [1.807, 2.05) is 11.8 Å². The lowest BCUT2D eigenvalue weighted by Crippen LogP contribution is -2.36. The molecule has 45 heavy (non-hydrogen) atoms. The number of nitrogens with one attached hydrogen (secondary N) is 4. The summed E-state index contributed by atoms with van der Waals surface area (Å²) >= 11 is 1.90. The van der Waals surface area contributed by atoms with Crippen molar-refractivity contribution in [3.8, 4) is 0 Å². The van der Waals surface area contributed by atoms with Crippen LogP contribution in [0.1, 0.15) is 57.8 Å². The highest BCUT2D eigenvalue weighted by atomic mass is 32.2. The Kier molecular flexibility index (Phi) is 20.0. The average Bonchev–Trinajstić information content (AvgIpc) is 3.56. The van der Waals surface area contributed by atoms with Gasteiger partial charge in [-0.1, -0.05) is 18.6 Å². The Labute approximate surface area is 271 Å². The highest BCUT2D eigenvalue weighted by molar-refractivity contribution is 8.00. The predicted molar refractivity (Wildman–Crippen MR) is 172 cm³/mol. The maximum Gasteiger partial charge on any atom is 0.407 e. The molecular weight excluding hydrogens is 604 g/mol. The Balaban J connectivity index is 0.965. The number of hydrogen-bond acceptors (Lipinski definition) is 10. The van der Waals surface area contributed by atoms with E-state index in [0.29, 0.717) is 90.8 Å². The molecule has 2 heterocycles. The lowest BCUT2D eigenvalue weighted by Gasteiger charge is -2.18. The smallest absolute Gasteiger partial charge is 0.407 e. The van der Waals surface area contributed by atoms with E-state index in [1.165, 1.54) is 0 Å². The number of alkyl carbamates (subject to hydrolysis) is 1. The van der Waals surface area contributed by atoms with Crippen molar-refractivity contribution in [2.45, 2.75) is 81.2 Å². The Bertz CT molecular complexity index is 869. The van der Waals surface area contributed by atoms with Crippen molar-refractivity contribution in [1.82, 2.24) is 21.3 Å². The second-order valence-electron chi connectivity index (χ2n) is 11.2. The zero-order chi connectivity index (χ0) is 31.8. The van der Waals surface area contributed by atoms with Gasteiger partial charge in [0.15, 0.2) is 0 Å². The Morgan fingerprint density at radius 1 is 0.778 bits per heavy atom.